The minimum atomic E-state index is 0.600. The smallest absolute Gasteiger partial charge is 0.136 e. The third kappa shape index (κ3) is 3.42. The molecule has 0 aliphatic rings. The maximum Gasteiger partial charge on any atom is 0.136 e. The van der Waals surface area contributed by atoms with Crippen LogP contribution in [0.1, 0.15) is 5.56 Å². The van der Waals surface area contributed by atoms with Crippen molar-refractivity contribution < 1.29 is 4.42 Å². The number of hydrogen-bond donors (Lipinski definition) is 0. The van der Waals surface area contributed by atoms with Gasteiger partial charge in [0.2, 0.25) is 0 Å². The first-order valence-corrected chi connectivity index (χ1v) is 13.2. The molecule has 40 heavy (non-hydrogen) atoms. The molecule has 4 heteroatoms. The number of hydrogen-bond acceptors (Lipinski definition) is 3. The summed E-state index contributed by atoms with van der Waals surface area (Å²) in [5.41, 5.74) is 9.75. The highest BCUT2D eigenvalue weighted by atomic mass is 16.3. The molecule has 8 rings (SSSR count). The fourth-order valence-electron chi connectivity index (χ4n) is 5.81. The Morgan fingerprint density at radius 3 is 2.25 bits per heavy atom. The molecule has 0 saturated carbocycles. The lowest BCUT2D eigenvalue weighted by Crippen LogP contribution is -1.94. The summed E-state index contributed by atoms with van der Waals surface area (Å²) >= 11 is 0. The van der Waals surface area contributed by atoms with Gasteiger partial charge in [-0.15, -0.1) is 0 Å². The molecule has 0 N–H and O–H groups in total. The predicted octanol–water partition coefficient (Wildman–Crippen LogP) is 9.28. The Morgan fingerprint density at radius 2 is 1.35 bits per heavy atom. The van der Waals surface area contributed by atoms with E-state index in [2.05, 4.69) is 101 Å². The fraction of sp³-hybridized carbons (Fsp3) is 0. The van der Waals surface area contributed by atoms with E-state index < -0.39 is 0 Å². The molecule has 0 unspecified atom stereocenters. The number of furan rings is 1. The molecule has 0 aliphatic heterocycles. The normalized spacial score (nSPS) is 11.5. The molecule has 0 fully saturated rings. The molecule has 0 atom stereocenters. The van der Waals surface area contributed by atoms with Crippen LogP contribution in [0.4, 0.5) is 0 Å². The molecule has 0 amide bonds. The lowest BCUT2D eigenvalue weighted by atomic mass is 10.0. The molecule has 8 aromatic rings. The quantitative estimate of drug-likeness (QED) is 0.237. The van der Waals surface area contributed by atoms with Gasteiger partial charge in [-0.05, 0) is 65.7 Å². The average Bonchev–Trinajstić information content (AvgIpc) is 3.55. The van der Waals surface area contributed by atoms with Crippen molar-refractivity contribution in [3.8, 4) is 34.1 Å². The highest BCUT2D eigenvalue weighted by molar-refractivity contribution is 6.17. The molecule has 0 radical (unpaired) electrons. The molecular formula is C36H21N3O. The van der Waals surface area contributed by atoms with E-state index in [9.17, 15) is 5.26 Å². The summed E-state index contributed by atoms with van der Waals surface area (Å²) in [5, 5.41) is 13.9. The first-order chi connectivity index (χ1) is 19.8. The van der Waals surface area contributed by atoms with Crippen molar-refractivity contribution in [3.05, 3.63) is 133 Å². The molecule has 0 aliphatic carbocycles. The van der Waals surface area contributed by atoms with Crippen molar-refractivity contribution in [1.29, 1.82) is 5.26 Å². The summed E-state index contributed by atoms with van der Waals surface area (Å²) in [5.74, 6) is 0. The van der Waals surface area contributed by atoms with Crippen LogP contribution in [0.25, 0.3) is 71.8 Å². The largest absolute Gasteiger partial charge is 0.456 e. The topological polar surface area (TPSA) is 54.8 Å². The molecule has 0 spiro atoms. The Labute approximate surface area is 230 Å². The van der Waals surface area contributed by atoms with Gasteiger partial charge in [-0.25, -0.2) is 0 Å². The van der Waals surface area contributed by atoms with Gasteiger partial charge in [0.15, 0.2) is 0 Å². The molecule has 0 saturated heterocycles. The maximum absolute atomic E-state index is 9.33. The van der Waals surface area contributed by atoms with Gasteiger partial charge in [-0.3, -0.25) is 4.98 Å². The highest BCUT2D eigenvalue weighted by Gasteiger charge is 2.16. The second kappa shape index (κ2) is 8.69. The molecular weight excluding hydrogens is 490 g/mol. The van der Waals surface area contributed by atoms with E-state index in [1.54, 1.807) is 12.3 Å². The minimum absolute atomic E-state index is 0.600. The summed E-state index contributed by atoms with van der Waals surface area (Å²) in [7, 11) is 0. The van der Waals surface area contributed by atoms with E-state index in [1.807, 2.05) is 30.3 Å². The lowest BCUT2D eigenvalue weighted by molar-refractivity contribution is 0.669. The van der Waals surface area contributed by atoms with Gasteiger partial charge in [0, 0.05) is 39.0 Å². The van der Waals surface area contributed by atoms with Crippen LogP contribution in [0, 0.1) is 11.3 Å². The Balaban J connectivity index is 1.33. The van der Waals surface area contributed by atoms with Gasteiger partial charge in [0.25, 0.3) is 0 Å². The van der Waals surface area contributed by atoms with E-state index in [1.165, 1.54) is 5.39 Å². The first-order valence-electron chi connectivity index (χ1n) is 13.2. The predicted molar refractivity (Wildman–Crippen MR) is 161 cm³/mol. The number of benzene rings is 5. The van der Waals surface area contributed by atoms with Gasteiger partial charge in [-0.1, -0.05) is 66.7 Å². The zero-order chi connectivity index (χ0) is 26.6. The number of para-hydroxylation sites is 2. The number of aromatic nitrogens is 2. The third-order valence-electron chi connectivity index (χ3n) is 7.66. The number of pyridine rings is 1. The number of rotatable bonds is 3. The van der Waals surface area contributed by atoms with Crippen LogP contribution >= 0.6 is 0 Å². The SMILES string of the molecule is N#Cc1ccnc(-c2cccc(-c3cccc(-n4c5ccccc5c5cc6oc7ccccc7c6cc54)c3)c2)c1. The van der Waals surface area contributed by atoms with Crippen LogP contribution in [0.2, 0.25) is 0 Å². The van der Waals surface area contributed by atoms with Gasteiger partial charge in [0.1, 0.15) is 11.2 Å². The molecule has 4 nitrogen and oxygen atoms in total. The maximum atomic E-state index is 9.33. The second-order valence-corrected chi connectivity index (χ2v) is 9.99. The minimum Gasteiger partial charge on any atom is -0.456 e. The van der Waals surface area contributed by atoms with Crippen molar-refractivity contribution in [3.63, 3.8) is 0 Å². The Morgan fingerprint density at radius 1 is 0.575 bits per heavy atom. The number of nitriles is 1. The molecule has 0 bridgehead atoms. The van der Waals surface area contributed by atoms with Crippen molar-refractivity contribution in [2.45, 2.75) is 0 Å². The van der Waals surface area contributed by atoms with Crippen LogP contribution in [-0.4, -0.2) is 9.55 Å². The molecule has 186 valence electrons. The van der Waals surface area contributed by atoms with Gasteiger partial charge in [-0.2, -0.15) is 5.26 Å². The summed E-state index contributed by atoms with van der Waals surface area (Å²) in [4.78, 5) is 4.50. The zero-order valence-corrected chi connectivity index (χ0v) is 21.4. The van der Waals surface area contributed by atoms with Crippen LogP contribution in [0.3, 0.4) is 0 Å². The molecule has 5 aromatic carbocycles. The van der Waals surface area contributed by atoms with Crippen LogP contribution in [0.5, 0.6) is 0 Å². The van der Waals surface area contributed by atoms with Crippen molar-refractivity contribution >= 4 is 43.7 Å². The van der Waals surface area contributed by atoms with Crippen molar-refractivity contribution in [1.82, 2.24) is 9.55 Å². The van der Waals surface area contributed by atoms with Crippen LogP contribution in [0.15, 0.2) is 132 Å². The van der Waals surface area contributed by atoms with E-state index in [0.717, 1.165) is 66.4 Å². The van der Waals surface area contributed by atoms with Crippen LogP contribution in [-0.2, 0) is 0 Å². The zero-order valence-electron chi connectivity index (χ0n) is 21.4. The third-order valence-corrected chi connectivity index (χ3v) is 7.66. The summed E-state index contributed by atoms with van der Waals surface area (Å²) in [6.07, 6.45) is 1.68. The lowest BCUT2D eigenvalue weighted by Gasteiger charge is -2.11. The summed E-state index contributed by atoms with van der Waals surface area (Å²) < 4.78 is 8.58. The van der Waals surface area contributed by atoms with E-state index in [-0.39, 0.29) is 0 Å². The monoisotopic (exact) mass is 511 g/mol. The Hall–Kier alpha value is -5.66. The van der Waals surface area contributed by atoms with Gasteiger partial charge >= 0.3 is 0 Å². The summed E-state index contributed by atoms with van der Waals surface area (Å²) in [6.45, 7) is 0. The molecule has 3 heterocycles. The average molecular weight is 512 g/mol. The molecule has 3 aromatic heterocycles. The van der Waals surface area contributed by atoms with E-state index in [0.29, 0.717) is 5.56 Å². The summed E-state index contributed by atoms with van der Waals surface area (Å²) in [6, 6.07) is 43.9. The van der Waals surface area contributed by atoms with Crippen molar-refractivity contribution in [2.75, 3.05) is 0 Å². The second-order valence-electron chi connectivity index (χ2n) is 9.99. The Kier molecular flexibility index (Phi) is 4.85. The van der Waals surface area contributed by atoms with E-state index >= 15 is 0 Å². The van der Waals surface area contributed by atoms with Crippen LogP contribution < -0.4 is 0 Å². The number of fused-ring (bicyclic) bond motifs is 6. The first kappa shape index (κ1) is 22.3. The highest BCUT2D eigenvalue weighted by Crippen LogP contribution is 2.38. The fourth-order valence-corrected chi connectivity index (χ4v) is 5.81. The Bertz CT molecular complexity index is 2300. The number of nitrogens with zero attached hydrogens (tertiary/aromatic N) is 3. The van der Waals surface area contributed by atoms with E-state index in [4.69, 9.17) is 4.42 Å². The van der Waals surface area contributed by atoms with Gasteiger partial charge < -0.3 is 8.98 Å². The van der Waals surface area contributed by atoms with Gasteiger partial charge in [0.05, 0.1) is 28.4 Å². The van der Waals surface area contributed by atoms with Crippen molar-refractivity contribution in [2.24, 2.45) is 0 Å². The standard InChI is InChI=1S/C36H21N3O/c37-22-23-15-16-38-32(17-23)26-9-5-7-24(18-26)25-8-6-10-27(19-25)39-33-13-3-1-11-28(33)30-21-36-31(20-34(30)39)29-12-2-4-14-35(29)40-36/h1-21H.